The van der Waals surface area contributed by atoms with Crippen molar-refractivity contribution in [3.05, 3.63) is 16.6 Å². The lowest BCUT2D eigenvalue weighted by Gasteiger charge is -2.19. The minimum atomic E-state index is -0.536. The lowest BCUT2D eigenvalue weighted by atomic mass is 9.97. The van der Waals surface area contributed by atoms with Crippen molar-refractivity contribution < 1.29 is 9.37 Å². The molecule has 0 unspecified atom stereocenters. The van der Waals surface area contributed by atoms with Gasteiger partial charge in [-0.1, -0.05) is 5.16 Å². The largest absolute Gasteiger partial charge is 0.622 e. The Bertz CT molecular complexity index is 552. The second-order valence-electron chi connectivity index (χ2n) is 4.95. The Labute approximate surface area is 97.6 Å². The predicted octanol–water partition coefficient (Wildman–Crippen LogP) is 1.04. The summed E-state index contributed by atoms with van der Waals surface area (Å²) >= 11 is 0. The van der Waals surface area contributed by atoms with E-state index in [1.165, 1.54) is 0 Å². The molecule has 0 atom stereocenters. The van der Waals surface area contributed by atoms with Gasteiger partial charge in [-0.2, -0.15) is 4.74 Å². The smallest absolute Gasteiger partial charge is 0.266 e. The van der Waals surface area contributed by atoms with Crippen LogP contribution in [0.3, 0.4) is 0 Å². The maximum atomic E-state index is 12.4. The molecule has 0 bridgehead atoms. The first-order valence-electron chi connectivity index (χ1n) is 6.05. The van der Waals surface area contributed by atoms with Crippen molar-refractivity contribution in [3.8, 4) is 0 Å². The molecule has 0 aromatic carbocycles. The van der Waals surface area contributed by atoms with Crippen LogP contribution >= 0.6 is 0 Å². The number of hydrogen-bond donors (Lipinski definition) is 0. The van der Waals surface area contributed by atoms with Gasteiger partial charge < -0.3 is 5.21 Å². The van der Waals surface area contributed by atoms with Crippen LogP contribution in [0.2, 0.25) is 0 Å². The van der Waals surface area contributed by atoms with Gasteiger partial charge in [0, 0.05) is 25.7 Å². The topological polar surface area (TPSA) is 77.4 Å². The van der Waals surface area contributed by atoms with E-state index in [1.54, 1.807) is 0 Å². The molecule has 0 amide bonds. The molecule has 1 saturated carbocycles. The number of aliphatic imine (C=N–C) groups is 1. The summed E-state index contributed by atoms with van der Waals surface area (Å²) in [5.41, 5.74) is 2.47. The van der Waals surface area contributed by atoms with Gasteiger partial charge in [-0.3, -0.25) is 0 Å². The Morgan fingerprint density at radius 1 is 1.18 bits per heavy atom. The van der Waals surface area contributed by atoms with Crippen molar-refractivity contribution in [2.24, 2.45) is 4.99 Å². The van der Waals surface area contributed by atoms with Crippen molar-refractivity contribution in [3.63, 3.8) is 0 Å². The highest BCUT2D eigenvalue weighted by molar-refractivity contribution is 6.47. The van der Waals surface area contributed by atoms with Gasteiger partial charge in [0.1, 0.15) is 5.69 Å². The summed E-state index contributed by atoms with van der Waals surface area (Å²) in [6, 6.07) is 0. The highest BCUT2D eigenvalue weighted by Crippen LogP contribution is 2.39. The number of fused-ring (bicyclic) bond motifs is 3. The van der Waals surface area contributed by atoms with Crippen molar-refractivity contribution in [1.82, 2.24) is 10.3 Å². The summed E-state index contributed by atoms with van der Waals surface area (Å²) in [4.78, 5) is 4.67. The molecule has 1 aromatic heterocycles. The molecule has 1 aromatic rings. The van der Waals surface area contributed by atoms with Crippen LogP contribution in [0, 0.1) is 5.21 Å². The Morgan fingerprint density at radius 2 is 2.00 bits per heavy atom. The number of hydroxylamine groups is 1. The predicted molar refractivity (Wildman–Crippen MR) is 59.0 cm³/mol. The summed E-state index contributed by atoms with van der Waals surface area (Å²) in [5.74, 6) is 0. The first-order chi connectivity index (χ1) is 8.30. The van der Waals surface area contributed by atoms with Gasteiger partial charge in [0.05, 0.1) is 0 Å². The summed E-state index contributed by atoms with van der Waals surface area (Å²) in [7, 11) is 0. The standard InChI is InChI=1S/C11H12N4O2/c16-15-8-4-3-7-9(14-17-13-7)10(8)12-11(15)5-1-2-6-11/h1-6H2. The zero-order valence-corrected chi connectivity index (χ0v) is 9.35. The number of aryl methyl sites for hydroxylation is 1. The van der Waals surface area contributed by atoms with E-state index in [4.69, 9.17) is 4.63 Å². The van der Waals surface area contributed by atoms with Gasteiger partial charge in [-0.25, -0.2) is 9.62 Å². The Morgan fingerprint density at radius 3 is 2.82 bits per heavy atom. The van der Waals surface area contributed by atoms with Gasteiger partial charge >= 0.3 is 0 Å². The molecule has 17 heavy (non-hydrogen) atoms. The number of rotatable bonds is 0. The first kappa shape index (κ1) is 9.32. The van der Waals surface area contributed by atoms with Crippen molar-refractivity contribution in [2.75, 3.05) is 0 Å². The fourth-order valence-electron chi connectivity index (χ4n) is 3.12. The van der Waals surface area contributed by atoms with Gasteiger partial charge in [-0.05, 0) is 18.0 Å². The molecular formula is C11H12N4O2. The molecule has 6 nitrogen and oxygen atoms in total. The maximum absolute atomic E-state index is 12.4. The fraction of sp³-hybridized carbons (Fsp3) is 0.636. The van der Waals surface area contributed by atoms with Gasteiger partial charge in [0.15, 0.2) is 11.4 Å². The number of nitrogens with zero attached hydrogens (tertiary/aromatic N) is 4. The molecule has 0 N–H and O–H groups in total. The molecule has 1 spiro atoms. The lowest BCUT2D eigenvalue weighted by Crippen LogP contribution is -2.34. The highest BCUT2D eigenvalue weighted by atomic mass is 16.6. The molecule has 3 aliphatic rings. The SMILES string of the molecule is [O-][N+]1=C2CCc3nonc3C2=NC12CCCC2. The second-order valence-corrected chi connectivity index (χ2v) is 4.95. The van der Waals surface area contributed by atoms with Crippen molar-refractivity contribution in [2.45, 2.75) is 44.2 Å². The van der Waals surface area contributed by atoms with Crippen LogP contribution in [0.1, 0.15) is 43.5 Å². The average Bonchev–Trinajstić information content (AvgIpc) is 3.01. The molecule has 0 saturated heterocycles. The lowest BCUT2D eigenvalue weighted by molar-refractivity contribution is -0.541. The summed E-state index contributed by atoms with van der Waals surface area (Å²) in [6.45, 7) is 0. The monoisotopic (exact) mass is 232 g/mol. The average molecular weight is 232 g/mol. The van der Waals surface area contributed by atoms with E-state index in [9.17, 15) is 5.21 Å². The quantitative estimate of drug-likeness (QED) is 0.494. The molecule has 0 radical (unpaired) electrons. The van der Waals surface area contributed by atoms with Crippen molar-refractivity contribution in [1.29, 1.82) is 0 Å². The summed E-state index contributed by atoms with van der Waals surface area (Å²) in [5, 5.41) is 20.1. The maximum Gasteiger partial charge on any atom is 0.266 e. The van der Waals surface area contributed by atoms with Gasteiger partial charge in [0.2, 0.25) is 5.71 Å². The van der Waals surface area contributed by atoms with E-state index < -0.39 is 5.66 Å². The van der Waals surface area contributed by atoms with Crippen LogP contribution in [0.4, 0.5) is 0 Å². The highest BCUT2D eigenvalue weighted by Gasteiger charge is 2.51. The summed E-state index contributed by atoms with van der Waals surface area (Å²) in [6.07, 6.45) is 5.28. The third-order valence-electron chi connectivity index (χ3n) is 4.00. The zero-order valence-electron chi connectivity index (χ0n) is 9.35. The molecule has 6 heteroatoms. The minimum Gasteiger partial charge on any atom is -0.622 e. The summed E-state index contributed by atoms with van der Waals surface area (Å²) < 4.78 is 5.88. The van der Waals surface area contributed by atoms with Gasteiger partial charge in [0.25, 0.3) is 5.66 Å². The van der Waals surface area contributed by atoms with E-state index in [2.05, 4.69) is 15.3 Å². The van der Waals surface area contributed by atoms with E-state index in [1.807, 2.05) is 0 Å². The van der Waals surface area contributed by atoms with Crippen LogP contribution in [0.25, 0.3) is 0 Å². The Balaban J connectivity index is 1.92. The van der Waals surface area contributed by atoms with E-state index in [0.29, 0.717) is 12.1 Å². The number of hydrogen-bond acceptors (Lipinski definition) is 5. The van der Waals surface area contributed by atoms with Crippen LogP contribution in [-0.4, -0.2) is 32.1 Å². The van der Waals surface area contributed by atoms with E-state index in [-0.39, 0.29) is 0 Å². The molecule has 88 valence electrons. The third kappa shape index (κ3) is 1.05. The first-order valence-corrected chi connectivity index (χ1v) is 6.05. The third-order valence-corrected chi connectivity index (χ3v) is 4.00. The molecule has 2 heterocycles. The normalized spacial score (nSPS) is 25.1. The molecule has 2 aliphatic carbocycles. The minimum absolute atomic E-state index is 0.536. The van der Waals surface area contributed by atoms with Crippen LogP contribution in [0.5, 0.6) is 0 Å². The number of aromatic nitrogens is 2. The zero-order chi connectivity index (χ0) is 11.5. The molecule has 1 fully saturated rings. The molecule has 4 rings (SSSR count). The molecular weight excluding hydrogens is 220 g/mol. The van der Waals surface area contributed by atoms with E-state index >= 15 is 0 Å². The van der Waals surface area contributed by atoms with E-state index in [0.717, 1.165) is 54.0 Å². The molecule has 1 aliphatic heterocycles. The van der Waals surface area contributed by atoms with Crippen LogP contribution in [0.15, 0.2) is 9.62 Å². The van der Waals surface area contributed by atoms with Crippen LogP contribution in [-0.2, 0) is 6.42 Å². The Hall–Kier alpha value is -1.72. The van der Waals surface area contributed by atoms with Gasteiger partial charge in [-0.15, -0.1) is 0 Å². The van der Waals surface area contributed by atoms with Crippen molar-refractivity contribution >= 4 is 11.4 Å². The second kappa shape index (κ2) is 2.94. The fourth-order valence-corrected chi connectivity index (χ4v) is 3.12. The van der Waals surface area contributed by atoms with Crippen LogP contribution < -0.4 is 0 Å². The Kier molecular flexibility index (Phi) is 1.61.